The molecular weight excluding hydrogens is 390 g/mol. The smallest absolute Gasteiger partial charge is 0.233 e. The zero-order valence-corrected chi connectivity index (χ0v) is 19.9. The Labute approximate surface area is 184 Å². The predicted molar refractivity (Wildman–Crippen MR) is 129 cm³/mol. The first-order valence-electron chi connectivity index (χ1n) is 10.8. The highest BCUT2D eigenvalue weighted by molar-refractivity contribution is 7.22. The van der Waals surface area contributed by atoms with E-state index in [9.17, 15) is 4.79 Å². The molecule has 1 aromatic heterocycles. The molecule has 0 bridgehead atoms. The number of carbonyl (C=O) groups is 1. The Morgan fingerprint density at radius 1 is 0.933 bits per heavy atom. The molecule has 0 atom stereocenters. The third kappa shape index (κ3) is 4.90. The topological polar surface area (TPSA) is 36.4 Å². The lowest BCUT2D eigenvalue weighted by molar-refractivity contribution is -0.118. The molecule has 30 heavy (non-hydrogen) atoms. The van der Waals surface area contributed by atoms with Gasteiger partial charge in [0, 0.05) is 13.1 Å². The van der Waals surface area contributed by atoms with Crippen LogP contribution < -0.4 is 4.90 Å². The van der Waals surface area contributed by atoms with Gasteiger partial charge in [0.15, 0.2) is 5.13 Å². The quantitative estimate of drug-likeness (QED) is 0.483. The lowest BCUT2D eigenvalue weighted by Crippen LogP contribution is -2.39. The number of nitrogens with zero attached hydrogens (tertiary/aromatic N) is 3. The average Bonchev–Trinajstić information content (AvgIpc) is 3.17. The highest BCUT2D eigenvalue weighted by Crippen LogP contribution is 2.33. The minimum absolute atomic E-state index is 0.116. The average molecular weight is 424 g/mol. The van der Waals surface area contributed by atoms with Gasteiger partial charge in [0.05, 0.1) is 16.6 Å². The molecule has 0 radical (unpaired) electrons. The normalized spacial score (nSPS) is 11.4. The lowest BCUT2D eigenvalue weighted by atomic mass is 10.0. The number of benzene rings is 2. The highest BCUT2D eigenvalue weighted by Gasteiger charge is 2.22. The number of thiazole rings is 1. The van der Waals surface area contributed by atoms with Gasteiger partial charge in [0.1, 0.15) is 0 Å². The van der Waals surface area contributed by atoms with Crippen LogP contribution in [0.25, 0.3) is 10.2 Å². The standard InChI is InChI=1S/C25H33N3OS/c1-7-27(8-2)13-14-28(22(29)16-21-15-17(3)9-10-18(21)4)25-26-23-19(5)11-12-20(6)24(23)30-25/h9-12,15H,7-8,13-14,16H2,1-6H3. The summed E-state index contributed by atoms with van der Waals surface area (Å²) in [7, 11) is 0. The molecule has 1 amide bonds. The Bertz CT molecular complexity index is 997. The molecule has 0 aliphatic carbocycles. The van der Waals surface area contributed by atoms with E-state index in [0.29, 0.717) is 13.0 Å². The first kappa shape index (κ1) is 22.4. The molecule has 0 fully saturated rings. The van der Waals surface area contributed by atoms with Gasteiger partial charge in [-0.3, -0.25) is 9.69 Å². The van der Waals surface area contributed by atoms with Crippen molar-refractivity contribution in [1.82, 2.24) is 9.88 Å². The van der Waals surface area contributed by atoms with Crippen LogP contribution in [-0.2, 0) is 11.2 Å². The second kappa shape index (κ2) is 9.71. The zero-order chi connectivity index (χ0) is 21.8. The first-order chi connectivity index (χ1) is 14.3. The summed E-state index contributed by atoms with van der Waals surface area (Å²) in [6.45, 7) is 16.1. The fourth-order valence-corrected chi connectivity index (χ4v) is 4.88. The van der Waals surface area contributed by atoms with Crippen molar-refractivity contribution in [2.24, 2.45) is 0 Å². The van der Waals surface area contributed by atoms with Crippen LogP contribution in [0.1, 0.15) is 41.7 Å². The molecule has 160 valence electrons. The molecule has 4 nitrogen and oxygen atoms in total. The maximum absolute atomic E-state index is 13.5. The zero-order valence-electron chi connectivity index (χ0n) is 19.1. The van der Waals surface area contributed by atoms with Crippen molar-refractivity contribution in [3.05, 3.63) is 58.1 Å². The molecule has 5 heteroatoms. The van der Waals surface area contributed by atoms with Gasteiger partial charge in [-0.2, -0.15) is 0 Å². The molecule has 0 unspecified atom stereocenters. The van der Waals surface area contributed by atoms with Crippen LogP contribution in [0.15, 0.2) is 30.3 Å². The van der Waals surface area contributed by atoms with Crippen LogP contribution in [0.4, 0.5) is 5.13 Å². The Balaban J connectivity index is 1.95. The second-order valence-corrected chi connectivity index (χ2v) is 9.03. The van der Waals surface area contributed by atoms with Crippen molar-refractivity contribution >= 4 is 32.6 Å². The third-order valence-corrected chi connectivity index (χ3v) is 7.06. The lowest BCUT2D eigenvalue weighted by Gasteiger charge is -2.25. The Kier molecular flexibility index (Phi) is 7.27. The number of likely N-dealkylation sites (N-methyl/N-ethyl adjacent to an activating group) is 1. The summed E-state index contributed by atoms with van der Waals surface area (Å²) >= 11 is 1.63. The van der Waals surface area contributed by atoms with Gasteiger partial charge in [0.25, 0.3) is 0 Å². The minimum atomic E-state index is 0.116. The van der Waals surface area contributed by atoms with E-state index in [0.717, 1.165) is 47.0 Å². The van der Waals surface area contributed by atoms with Gasteiger partial charge < -0.3 is 4.90 Å². The van der Waals surface area contributed by atoms with E-state index < -0.39 is 0 Å². The second-order valence-electron chi connectivity index (χ2n) is 8.05. The maximum atomic E-state index is 13.5. The minimum Gasteiger partial charge on any atom is -0.302 e. The van der Waals surface area contributed by atoms with E-state index in [4.69, 9.17) is 4.98 Å². The number of hydrogen-bond donors (Lipinski definition) is 0. The molecule has 0 N–H and O–H groups in total. The van der Waals surface area contributed by atoms with Crippen molar-refractivity contribution in [2.45, 2.75) is 48.0 Å². The summed E-state index contributed by atoms with van der Waals surface area (Å²) < 4.78 is 1.18. The van der Waals surface area contributed by atoms with Gasteiger partial charge in [-0.25, -0.2) is 4.98 Å². The fraction of sp³-hybridized carbons (Fsp3) is 0.440. The maximum Gasteiger partial charge on any atom is 0.233 e. The number of carbonyl (C=O) groups excluding carboxylic acids is 1. The van der Waals surface area contributed by atoms with E-state index in [1.807, 2.05) is 4.90 Å². The summed E-state index contributed by atoms with van der Waals surface area (Å²) in [4.78, 5) is 22.7. The van der Waals surface area contributed by atoms with E-state index in [1.54, 1.807) is 11.3 Å². The monoisotopic (exact) mass is 423 g/mol. The Hall–Kier alpha value is -2.24. The number of amides is 1. The predicted octanol–water partition coefficient (Wildman–Crippen LogP) is 5.45. The van der Waals surface area contributed by atoms with E-state index in [1.165, 1.54) is 15.8 Å². The molecule has 2 aromatic carbocycles. The van der Waals surface area contributed by atoms with Crippen LogP contribution in [0.5, 0.6) is 0 Å². The van der Waals surface area contributed by atoms with Gasteiger partial charge in [-0.05, 0) is 63.0 Å². The molecule has 0 saturated heterocycles. The summed E-state index contributed by atoms with van der Waals surface area (Å²) in [5, 5.41) is 0.810. The molecule has 3 rings (SSSR count). The molecule has 0 saturated carbocycles. The van der Waals surface area contributed by atoms with Gasteiger partial charge in [-0.1, -0.05) is 61.1 Å². The van der Waals surface area contributed by atoms with Crippen LogP contribution >= 0.6 is 11.3 Å². The van der Waals surface area contributed by atoms with Gasteiger partial charge >= 0.3 is 0 Å². The van der Waals surface area contributed by atoms with Crippen molar-refractivity contribution in [1.29, 1.82) is 0 Å². The summed E-state index contributed by atoms with van der Waals surface area (Å²) in [5.41, 5.74) is 6.83. The Morgan fingerprint density at radius 3 is 2.27 bits per heavy atom. The molecule has 3 aromatic rings. The number of fused-ring (bicyclic) bond motifs is 1. The molecule has 0 aliphatic rings. The first-order valence-corrected chi connectivity index (χ1v) is 11.6. The van der Waals surface area contributed by atoms with E-state index >= 15 is 0 Å². The van der Waals surface area contributed by atoms with Gasteiger partial charge in [0.2, 0.25) is 5.91 Å². The van der Waals surface area contributed by atoms with Crippen LogP contribution in [-0.4, -0.2) is 42.0 Å². The van der Waals surface area contributed by atoms with Crippen LogP contribution in [0.2, 0.25) is 0 Å². The number of anilines is 1. The molecule has 0 aliphatic heterocycles. The summed E-state index contributed by atoms with van der Waals surface area (Å²) in [6.07, 6.45) is 0.402. The summed E-state index contributed by atoms with van der Waals surface area (Å²) in [6, 6.07) is 10.6. The van der Waals surface area contributed by atoms with Crippen molar-refractivity contribution in [3.8, 4) is 0 Å². The Morgan fingerprint density at radius 2 is 1.60 bits per heavy atom. The molecule has 0 spiro atoms. The van der Waals surface area contributed by atoms with Crippen molar-refractivity contribution in [2.75, 3.05) is 31.1 Å². The van der Waals surface area contributed by atoms with Crippen LogP contribution in [0, 0.1) is 27.7 Å². The van der Waals surface area contributed by atoms with Crippen LogP contribution in [0.3, 0.4) is 0 Å². The number of hydrogen-bond acceptors (Lipinski definition) is 4. The SMILES string of the molecule is CCN(CC)CCN(C(=O)Cc1cc(C)ccc1C)c1nc2c(C)ccc(C)c2s1. The van der Waals surface area contributed by atoms with Crippen molar-refractivity contribution in [3.63, 3.8) is 0 Å². The number of aromatic nitrogens is 1. The summed E-state index contributed by atoms with van der Waals surface area (Å²) in [5.74, 6) is 0.116. The third-order valence-electron chi connectivity index (χ3n) is 5.84. The largest absolute Gasteiger partial charge is 0.302 e. The molecule has 1 heterocycles. The number of aryl methyl sites for hydroxylation is 4. The van der Waals surface area contributed by atoms with E-state index in [2.05, 4.69) is 76.8 Å². The fourth-order valence-electron chi connectivity index (χ4n) is 3.72. The van der Waals surface area contributed by atoms with Gasteiger partial charge in [-0.15, -0.1) is 0 Å². The molecular formula is C25H33N3OS. The highest BCUT2D eigenvalue weighted by atomic mass is 32.1. The van der Waals surface area contributed by atoms with E-state index in [-0.39, 0.29) is 5.91 Å². The number of rotatable bonds is 8. The van der Waals surface area contributed by atoms with Crippen molar-refractivity contribution < 1.29 is 4.79 Å².